The molecular formula is C28H25FN2O3S. The molecule has 1 amide bonds. The third-order valence-electron chi connectivity index (χ3n) is 5.52. The number of carbonyl (C=O) groups is 1. The molecule has 4 aromatic carbocycles. The summed E-state index contributed by atoms with van der Waals surface area (Å²) in [6.45, 7) is 0.669. The van der Waals surface area contributed by atoms with Gasteiger partial charge in [0.15, 0.2) is 0 Å². The van der Waals surface area contributed by atoms with Crippen LogP contribution in [0, 0.1) is 5.82 Å². The minimum Gasteiger partial charge on any atom is -0.348 e. The Bertz CT molecular complexity index is 1360. The predicted octanol–water partition coefficient (Wildman–Crippen LogP) is 5.15. The zero-order valence-electron chi connectivity index (χ0n) is 19.0. The lowest BCUT2D eigenvalue weighted by Gasteiger charge is -2.23. The molecule has 0 bridgehead atoms. The first-order valence-electron chi connectivity index (χ1n) is 11.1. The van der Waals surface area contributed by atoms with E-state index in [0.717, 1.165) is 28.8 Å². The zero-order valence-corrected chi connectivity index (χ0v) is 19.8. The molecule has 0 heterocycles. The molecule has 0 aliphatic heterocycles. The Morgan fingerprint density at radius 1 is 0.686 bits per heavy atom. The van der Waals surface area contributed by atoms with Crippen LogP contribution in [-0.2, 0) is 29.7 Å². The lowest BCUT2D eigenvalue weighted by Crippen LogP contribution is -2.30. The summed E-state index contributed by atoms with van der Waals surface area (Å²) < 4.78 is 41.5. The van der Waals surface area contributed by atoms with Crippen molar-refractivity contribution in [1.82, 2.24) is 9.62 Å². The van der Waals surface area contributed by atoms with Gasteiger partial charge in [-0.2, -0.15) is 4.31 Å². The summed E-state index contributed by atoms with van der Waals surface area (Å²) in [7, 11) is -3.89. The number of hydrogen-bond donors (Lipinski definition) is 1. The summed E-state index contributed by atoms with van der Waals surface area (Å²) in [5.74, 6) is -0.708. The van der Waals surface area contributed by atoms with E-state index in [1.54, 1.807) is 24.3 Å². The van der Waals surface area contributed by atoms with E-state index < -0.39 is 15.8 Å². The largest absolute Gasteiger partial charge is 0.348 e. The topological polar surface area (TPSA) is 66.5 Å². The fraction of sp³-hybridized carbons (Fsp3) is 0.107. The number of hydrogen-bond acceptors (Lipinski definition) is 3. The fourth-order valence-corrected chi connectivity index (χ4v) is 5.03. The molecule has 0 spiro atoms. The molecule has 35 heavy (non-hydrogen) atoms. The van der Waals surface area contributed by atoms with Crippen LogP contribution < -0.4 is 5.32 Å². The van der Waals surface area contributed by atoms with Gasteiger partial charge in [0.05, 0.1) is 4.90 Å². The van der Waals surface area contributed by atoms with E-state index in [4.69, 9.17) is 0 Å². The van der Waals surface area contributed by atoms with Crippen molar-refractivity contribution in [3.8, 4) is 0 Å². The molecule has 0 fully saturated rings. The van der Waals surface area contributed by atoms with Crippen LogP contribution in [0.2, 0.25) is 0 Å². The number of carbonyl (C=O) groups excluding carboxylic acids is 1. The van der Waals surface area contributed by atoms with Crippen LogP contribution in [0.1, 0.15) is 27.0 Å². The molecule has 0 saturated heterocycles. The second-order valence-corrected chi connectivity index (χ2v) is 10.0. The average molecular weight is 489 g/mol. The van der Waals surface area contributed by atoms with Crippen LogP contribution in [0.25, 0.3) is 0 Å². The summed E-state index contributed by atoms with van der Waals surface area (Å²) in [6.07, 6.45) is 0. The normalized spacial score (nSPS) is 11.4. The van der Waals surface area contributed by atoms with E-state index in [0.29, 0.717) is 12.1 Å². The van der Waals surface area contributed by atoms with E-state index in [9.17, 15) is 17.6 Å². The van der Waals surface area contributed by atoms with Crippen LogP contribution in [0.3, 0.4) is 0 Å². The van der Waals surface area contributed by atoms with Gasteiger partial charge in [-0.05, 0) is 53.1 Å². The number of halogens is 1. The van der Waals surface area contributed by atoms with E-state index in [-0.39, 0.29) is 23.9 Å². The highest BCUT2D eigenvalue weighted by Crippen LogP contribution is 2.22. The van der Waals surface area contributed by atoms with Crippen LogP contribution in [0.5, 0.6) is 0 Å². The summed E-state index contributed by atoms with van der Waals surface area (Å²) in [5, 5.41) is 2.88. The average Bonchev–Trinajstić information content (AvgIpc) is 2.89. The summed E-state index contributed by atoms with van der Waals surface area (Å²) >= 11 is 0. The van der Waals surface area contributed by atoms with Gasteiger partial charge in [-0.25, -0.2) is 12.8 Å². The quantitative estimate of drug-likeness (QED) is 0.355. The first-order chi connectivity index (χ1) is 16.9. The number of rotatable bonds is 9. The molecule has 0 radical (unpaired) electrons. The maximum Gasteiger partial charge on any atom is 0.251 e. The monoisotopic (exact) mass is 488 g/mol. The molecule has 0 aliphatic rings. The minimum atomic E-state index is -3.89. The first-order valence-corrected chi connectivity index (χ1v) is 12.6. The third kappa shape index (κ3) is 6.41. The molecule has 7 heteroatoms. The maximum atomic E-state index is 13.4. The van der Waals surface area contributed by atoms with Gasteiger partial charge in [0.25, 0.3) is 5.91 Å². The van der Waals surface area contributed by atoms with Crippen molar-refractivity contribution in [3.05, 3.63) is 137 Å². The molecule has 4 aromatic rings. The SMILES string of the molecule is O=C(NCc1ccccc1)c1ccc(CN(Cc2ccccc2)S(=O)(=O)c2ccc(F)cc2)cc1. The van der Waals surface area contributed by atoms with Crippen molar-refractivity contribution < 1.29 is 17.6 Å². The molecule has 178 valence electrons. The molecule has 5 nitrogen and oxygen atoms in total. The van der Waals surface area contributed by atoms with Crippen LogP contribution >= 0.6 is 0 Å². The number of nitrogens with zero attached hydrogens (tertiary/aromatic N) is 1. The molecule has 0 aliphatic carbocycles. The Morgan fingerprint density at radius 3 is 1.77 bits per heavy atom. The van der Waals surface area contributed by atoms with Gasteiger partial charge in [0, 0.05) is 25.2 Å². The summed E-state index contributed by atoms with van der Waals surface area (Å²) in [6, 6.07) is 30.5. The number of benzene rings is 4. The minimum absolute atomic E-state index is 0.0201. The number of sulfonamides is 1. The Balaban J connectivity index is 1.51. The highest BCUT2D eigenvalue weighted by atomic mass is 32.2. The van der Waals surface area contributed by atoms with E-state index >= 15 is 0 Å². The van der Waals surface area contributed by atoms with Gasteiger partial charge >= 0.3 is 0 Å². The van der Waals surface area contributed by atoms with Crippen molar-refractivity contribution in [2.45, 2.75) is 24.5 Å². The molecule has 1 N–H and O–H groups in total. The lowest BCUT2D eigenvalue weighted by atomic mass is 10.1. The van der Waals surface area contributed by atoms with Crippen molar-refractivity contribution in [2.24, 2.45) is 0 Å². The second kappa shape index (κ2) is 11.1. The third-order valence-corrected chi connectivity index (χ3v) is 7.33. The van der Waals surface area contributed by atoms with Gasteiger partial charge in [0.1, 0.15) is 5.82 Å². The Kier molecular flexibility index (Phi) is 7.70. The Hall–Kier alpha value is -3.81. The Labute approximate surface area is 204 Å². The van der Waals surface area contributed by atoms with Gasteiger partial charge in [-0.15, -0.1) is 0 Å². The summed E-state index contributed by atoms with van der Waals surface area (Å²) in [5.41, 5.74) is 3.04. The predicted molar refractivity (Wildman–Crippen MR) is 133 cm³/mol. The highest BCUT2D eigenvalue weighted by Gasteiger charge is 2.25. The molecule has 0 unspecified atom stereocenters. The van der Waals surface area contributed by atoms with Gasteiger partial charge in [-0.3, -0.25) is 4.79 Å². The van der Waals surface area contributed by atoms with E-state index in [1.807, 2.05) is 60.7 Å². The fourth-order valence-electron chi connectivity index (χ4n) is 3.61. The van der Waals surface area contributed by atoms with Crippen molar-refractivity contribution in [1.29, 1.82) is 0 Å². The number of nitrogens with one attached hydrogen (secondary N) is 1. The van der Waals surface area contributed by atoms with Crippen molar-refractivity contribution >= 4 is 15.9 Å². The molecule has 4 rings (SSSR count). The zero-order chi connectivity index (χ0) is 24.7. The molecular weight excluding hydrogens is 463 g/mol. The van der Waals surface area contributed by atoms with Gasteiger partial charge < -0.3 is 5.32 Å². The number of amides is 1. The van der Waals surface area contributed by atoms with Crippen LogP contribution in [-0.4, -0.2) is 18.6 Å². The first kappa shape index (κ1) is 24.3. The molecule has 0 aromatic heterocycles. The molecule has 0 saturated carbocycles. The second-order valence-electron chi connectivity index (χ2n) is 8.08. The van der Waals surface area contributed by atoms with Crippen LogP contribution in [0.4, 0.5) is 4.39 Å². The smallest absolute Gasteiger partial charge is 0.251 e. The Morgan fingerprint density at radius 2 is 1.20 bits per heavy atom. The maximum absolute atomic E-state index is 13.4. The standard InChI is InChI=1S/C28H25FN2O3S/c29-26-15-17-27(18-16-26)35(33,34)31(20-23-9-5-2-6-10-23)21-24-11-13-25(14-12-24)28(32)30-19-22-7-3-1-4-8-22/h1-18H,19-21H2,(H,30,32). The van der Waals surface area contributed by atoms with E-state index in [2.05, 4.69) is 5.32 Å². The van der Waals surface area contributed by atoms with Gasteiger partial charge in [0.2, 0.25) is 10.0 Å². The van der Waals surface area contributed by atoms with Crippen LogP contribution in [0.15, 0.2) is 114 Å². The van der Waals surface area contributed by atoms with Gasteiger partial charge in [-0.1, -0.05) is 72.8 Å². The lowest BCUT2D eigenvalue weighted by molar-refractivity contribution is 0.0951. The summed E-state index contributed by atoms with van der Waals surface area (Å²) in [4.78, 5) is 12.5. The van der Waals surface area contributed by atoms with Crippen molar-refractivity contribution in [3.63, 3.8) is 0 Å². The molecule has 0 atom stereocenters. The van der Waals surface area contributed by atoms with Crippen molar-refractivity contribution in [2.75, 3.05) is 0 Å². The highest BCUT2D eigenvalue weighted by molar-refractivity contribution is 7.89. The van der Waals surface area contributed by atoms with E-state index in [1.165, 1.54) is 16.4 Å².